The number of nitrogens with one attached hydrogen (secondary N) is 2. The highest BCUT2D eigenvalue weighted by molar-refractivity contribution is 6.12. The third-order valence-electron chi connectivity index (χ3n) is 4.01. The molecule has 2 aromatic carbocycles. The maximum atomic E-state index is 12.6. The van der Waals surface area contributed by atoms with Gasteiger partial charge in [0.2, 0.25) is 0 Å². The van der Waals surface area contributed by atoms with Gasteiger partial charge in [-0.3, -0.25) is 4.79 Å². The highest BCUT2D eigenvalue weighted by Crippen LogP contribution is 2.21. The van der Waals surface area contributed by atoms with Crippen molar-refractivity contribution in [1.82, 2.24) is 9.88 Å². The molecular formula is C19H19N3O3. The number of nitrogens with zero attached hydrogens (tertiary/aromatic N) is 1. The first-order valence-electron chi connectivity index (χ1n) is 7.84. The monoisotopic (exact) mass is 337 g/mol. The summed E-state index contributed by atoms with van der Waals surface area (Å²) < 4.78 is 6.51. The van der Waals surface area contributed by atoms with Crippen molar-refractivity contribution in [3.8, 4) is 0 Å². The van der Waals surface area contributed by atoms with E-state index in [9.17, 15) is 9.59 Å². The van der Waals surface area contributed by atoms with E-state index in [1.165, 1.54) is 7.11 Å². The molecule has 6 heteroatoms. The number of methoxy groups -OCH3 is 1. The third kappa shape index (κ3) is 3.63. The quantitative estimate of drug-likeness (QED) is 0.767. The minimum atomic E-state index is -0.478. The topological polar surface area (TPSA) is 72.4 Å². The van der Waals surface area contributed by atoms with Gasteiger partial charge in [0, 0.05) is 41.9 Å². The number of alkyl carbamates (subject to hydrolysis) is 1. The fraction of sp³-hybridized carbons (Fsp3) is 0.158. The summed E-state index contributed by atoms with van der Waals surface area (Å²) in [6, 6.07) is 14.9. The van der Waals surface area contributed by atoms with Crippen LogP contribution in [0.15, 0.2) is 54.7 Å². The molecule has 0 aliphatic rings. The maximum absolute atomic E-state index is 12.6. The van der Waals surface area contributed by atoms with Crippen molar-refractivity contribution >= 4 is 28.6 Å². The summed E-state index contributed by atoms with van der Waals surface area (Å²) in [5.74, 6) is -0.155. The van der Waals surface area contributed by atoms with Crippen LogP contribution in [0.25, 0.3) is 10.9 Å². The van der Waals surface area contributed by atoms with Crippen LogP contribution in [0.4, 0.5) is 10.5 Å². The first-order chi connectivity index (χ1) is 12.1. The van der Waals surface area contributed by atoms with Gasteiger partial charge in [-0.25, -0.2) is 4.79 Å². The molecule has 0 saturated heterocycles. The molecule has 0 fully saturated rings. The van der Waals surface area contributed by atoms with E-state index in [0.717, 1.165) is 16.5 Å². The van der Waals surface area contributed by atoms with Crippen LogP contribution >= 0.6 is 0 Å². The highest BCUT2D eigenvalue weighted by atomic mass is 16.5. The van der Waals surface area contributed by atoms with Crippen LogP contribution in [-0.2, 0) is 18.3 Å². The van der Waals surface area contributed by atoms with E-state index in [-0.39, 0.29) is 5.91 Å². The van der Waals surface area contributed by atoms with Gasteiger partial charge in [-0.15, -0.1) is 0 Å². The second-order valence-electron chi connectivity index (χ2n) is 5.66. The number of carbonyl (C=O) groups is 2. The molecular weight excluding hydrogens is 318 g/mol. The zero-order valence-electron chi connectivity index (χ0n) is 14.1. The number of aromatic nitrogens is 1. The van der Waals surface area contributed by atoms with E-state index in [0.29, 0.717) is 17.8 Å². The summed E-state index contributed by atoms with van der Waals surface area (Å²) in [4.78, 5) is 23.7. The number of hydrogen-bond donors (Lipinski definition) is 2. The van der Waals surface area contributed by atoms with Gasteiger partial charge in [0.25, 0.3) is 5.91 Å². The van der Waals surface area contributed by atoms with Crippen LogP contribution in [-0.4, -0.2) is 23.7 Å². The van der Waals surface area contributed by atoms with Crippen molar-refractivity contribution in [2.24, 2.45) is 7.05 Å². The second kappa shape index (κ2) is 7.09. The predicted molar refractivity (Wildman–Crippen MR) is 96.6 cm³/mol. The number of ether oxygens (including phenoxy) is 1. The summed E-state index contributed by atoms with van der Waals surface area (Å²) in [6.45, 7) is 0.365. The van der Waals surface area contributed by atoms with Crippen LogP contribution in [0.5, 0.6) is 0 Å². The van der Waals surface area contributed by atoms with Crippen molar-refractivity contribution < 1.29 is 14.3 Å². The summed E-state index contributed by atoms with van der Waals surface area (Å²) in [7, 11) is 3.27. The Hall–Kier alpha value is -3.28. The molecule has 2 amide bonds. The Morgan fingerprint density at radius 2 is 1.84 bits per heavy atom. The normalized spacial score (nSPS) is 10.5. The molecule has 25 heavy (non-hydrogen) atoms. The molecule has 0 aliphatic heterocycles. The standard InChI is InChI=1S/C19H19N3O3/c1-22-11-10-15-16(4-3-5-17(15)22)18(23)21-14-8-6-13(7-9-14)12-20-19(24)25-2/h3-11H,12H2,1-2H3,(H,20,24)(H,21,23). The van der Waals surface area contributed by atoms with E-state index < -0.39 is 6.09 Å². The molecule has 0 aliphatic carbocycles. The molecule has 0 radical (unpaired) electrons. The molecule has 6 nitrogen and oxygen atoms in total. The average molecular weight is 337 g/mol. The fourth-order valence-corrected chi connectivity index (χ4v) is 2.65. The predicted octanol–water partition coefficient (Wildman–Crippen LogP) is 3.29. The Bertz CT molecular complexity index is 913. The Balaban J connectivity index is 1.71. The Kier molecular flexibility index (Phi) is 4.70. The van der Waals surface area contributed by atoms with Crippen molar-refractivity contribution in [2.75, 3.05) is 12.4 Å². The molecule has 0 unspecified atom stereocenters. The van der Waals surface area contributed by atoms with Gasteiger partial charge in [-0.05, 0) is 35.9 Å². The van der Waals surface area contributed by atoms with E-state index >= 15 is 0 Å². The van der Waals surface area contributed by atoms with E-state index in [1.807, 2.05) is 54.2 Å². The van der Waals surface area contributed by atoms with Crippen molar-refractivity contribution in [2.45, 2.75) is 6.54 Å². The fourth-order valence-electron chi connectivity index (χ4n) is 2.65. The average Bonchev–Trinajstić information content (AvgIpc) is 3.02. The number of hydrogen-bond acceptors (Lipinski definition) is 3. The van der Waals surface area contributed by atoms with Crippen LogP contribution in [0, 0.1) is 0 Å². The zero-order chi connectivity index (χ0) is 17.8. The molecule has 0 atom stereocenters. The first kappa shape index (κ1) is 16.6. The number of amides is 2. The van der Waals surface area contributed by atoms with Crippen molar-refractivity contribution in [3.63, 3.8) is 0 Å². The second-order valence-corrected chi connectivity index (χ2v) is 5.66. The van der Waals surface area contributed by atoms with E-state index in [4.69, 9.17) is 0 Å². The SMILES string of the molecule is COC(=O)NCc1ccc(NC(=O)c2cccc3c2ccn3C)cc1. The summed E-state index contributed by atoms with van der Waals surface area (Å²) in [5, 5.41) is 6.43. The minimum absolute atomic E-state index is 0.155. The van der Waals surface area contributed by atoms with Gasteiger partial charge in [-0.1, -0.05) is 18.2 Å². The molecule has 128 valence electrons. The van der Waals surface area contributed by atoms with Gasteiger partial charge in [0.1, 0.15) is 0 Å². The lowest BCUT2D eigenvalue weighted by atomic mass is 10.1. The third-order valence-corrected chi connectivity index (χ3v) is 4.01. The Morgan fingerprint density at radius 3 is 2.56 bits per heavy atom. The van der Waals surface area contributed by atoms with Crippen molar-refractivity contribution in [3.05, 3.63) is 65.9 Å². The lowest BCUT2D eigenvalue weighted by molar-refractivity contribution is 0.102. The van der Waals surface area contributed by atoms with Gasteiger partial charge in [0.15, 0.2) is 0 Å². The Labute approximate surface area is 145 Å². The van der Waals surface area contributed by atoms with Crippen LogP contribution < -0.4 is 10.6 Å². The lowest BCUT2D eigenvalue weighted by Gasteiger charge is -2.08. The summed E-state index contributed by atoms with van der Waals surface area (Å²) >= 11 is 0. The largest absolute Gasteiger partial charge is 0.453 e. The molecule has 0 spiro atoms. The number of carbonyl (C=O) groups excluding carboxylic acids is 2. The zero-order valence-corrected chi connectivity index (χ0v) is 14.1. The maximum Gasteiger partial charge on any atom is 0.407 e. The lowest BCUT2D eigenvalue weighted by Crippen LogP contribution is -2.22. The van der Waals surface area contributed by atoms with Crippen molar-refractivity contribution in [1.29, 1.82) is 0 Å². The minimum Gasteiger partial charge on any atom is -0.453 e. The number of anilines is 1. The number of benzene rings is 2. The van der Waals surface area contributed by atoms with Gasteiger partial charge in [-0.2, -0.15) is 0 Å². The smallest absolute Gasteiger partial charge is 0.407 e. The number of fused-ring (bicyclic) bond motifs is 1. The molecule has 3 aromatic rings. The molecule has 1 aromatic heterocycles. The molecule has 3 rings (SSSR count). The van der Waals surface area contributed by atoms with E-state index in [2.05, 4.69) is 15.4 Å². The van der Waals surface area contributed by atoms with Crippen LogP contribution in [0.1, 0.15) is 15.9 Å². The number of aryl methyl sites for hydroxylation is 1. The van der Waals surface area contributed by atoms with Gasteiger partial charge in [0.05, 0.1) is 7.11 Å². The summed E-state index contributed by atoms with van der Waals surface area (Å²) in [6.07, 6.45) is 1.46. The summed E-state index contributed by atoms with van der Waals surface area (Å²) in [5.41, 5.74) is 3.25. The van der Waals surface area contributed by atoms with Gasteiger partial charge < -0.3 is 19.9 Å². The Morgan fingerprint density at radius 1 is 1.08 bits per heavy atom. The highest BCUT2D eigenvalue weighted by Gasteiger charge is 2.11. The van der Waals surface area contributed by atoms with E-state index in [1.54, 1.807) is 12.1 Å². The molecule has 2 N–H and O–H groups in total. The number of rotatable bonds is 4. The molecule has 1 heterocycles. The van der Waals surface area contributed by atoms with Crippen LogP contribution in [0.2, 0.25) is 0 Å². The first-order valence-corrected chi connectivity index (χ1v) is 7.84. The van der Waals surface area contributed by atoms with Crippen LogP contribution in [0.3, 0.4) is 0 Å². The molecule has 0 saturated carbocycles. The van der Waals surface area contributed by atoms with Gasteiger partial charge >= 0.3 is 6.09 Å². The molecule has 0 bridgehead atoms.